The van der Waals surface area contributed by atoms with Crippen LogP contribution >= 0.6 is 0 Å². The molecule has 0 radical (unpaired) electrons. The molecule has 0 spiro atoms. The second-order valence-corrected chi connectivity index (χ2v) is 4.88. The molecule has 0 atom stereocenters. The van der Waals surface area contributed by atoms with E-state index in [4.69, 9.17) is 11.1 Å². The van der Waals surface area contributed by atoms with Crippen LogP contribution < -0.4 is 5.73 Å². The number of rotatable bonds is 3. The maximum atomic E-state index is 8.31. The van der Waals surface area contributed by atoms with Gasteiger partial charge in [0.15, 0.2) is 0 Å². The molecular formula is C17H16N4. The summed E-state index contributed by atoms with van der Waals surface area (Å²) in [5.74, 6) is 0. The van der Waals surface area contributed by atoms with Crippen LogP contribution in [-0.2, 0) is 0 Å². The Morgan fingerprint density at radius 3 is 2.67 bits per heavy atom. The average Bonchev–Trinajstić information content (AvgIpc) is 2.97. The van der Waals surface area contributed by atoms with Gasteiger partial charge in [0.1, 0.15) is 5.65 Å². The number of H-pyrrole nitrogens is 1. The number of hydrogen-bond acceptors (Lipinski definition) is 3. The lowest BCUT2D eigenvalue weighted by atomic mass is 9.99. The van der Waals surface area contributed by atoms with Crippen molar-refractivity contribution < 1.29 is 0 Å². The molecule has 4 N–H and O–H groups in total. The van der Waals surface area contributed by atoms with Crippen molar-refractivity contribution in [2.24, 2.45) is 5.73 Å². The molecule has 2 heterocycles. The fourth-order valence-electron chi connectivity index (χ4n) is 2.34. The van der Waals surface area contributed by atoms with Crippen molar-refractivity contribution in [3.8, 4) is 0 Å². The summed E-state index contributed by atoms with van der Waals surface area (Å²) in [4.78, 5) is 7.37. The quantitative estimate of drug-likeness (QED) is 0.642. The third-order valence-corrected chi connectivity index (χ3v) is 3.58. The van der Waals surface area contributed by atoms with Gasteiger partial charge in [-0.05, 0) is 30.2 Å². The SMILES string of the molecule is CC(C(=N)c1ccccc1)=C(N)c1c[nH]c2ncccc12. The molecule has 0 saturated carbocycles. The molecule has 3 aromatic rings. The molecule has 0 aliphatic rings. The predicted molar refractivity (Wildman–Crippen MR) is 86.1 cm³/mol. The molecule has 4 heteroatoms. The van der Waals surface area contributed by atoms with Crippen molar-refractivity contribution in [3.63, 3.8) is 0 Å². The number of pyridine rings is 1. The molecule has 104 valence electrons. The summed E-state index contributed by atoms with van der Waals surface area (Å²) in [6.45, 7) is 1.87. The number of nitrogens with one attached hydrogen (secondary N) is 2. The van der Waals surface area contributed by atoms with E-state index in [-0.39, 0.29) is 0 Å². The van der Waals surface area contributed by atoms with Gasteiger partial charge in [0.05, 0.1) is 5.71 Å². The molecule has 3 rings (SSSR count). The Morgan fingerprint density at radius 1 is 1.14 bits per heavy atom. The van der Waals surface area contributed by atoms with E-state index in [0.717, 1.165) is 27.7 Å². The summed E-state index contributed by atoms with van der Waals surface area (Å²) in [6.07, 6.45) is 3.58. The van der Waals surface area contributed by atoms with E-state index >= 15 is 0 Å². The van der Waals surface area contributed by atoms with E-state index in [1.54, 1.807) is 6.20 Å². The van der Waals surface area contributed by atoms with E-state index in [2.05, 4.69) is 9.97 Å². The van der Waals surface area contributed by atoms with Crippen molar-refractivity contribution in [1.82, 2.24) is 9.97 Å². The third-order valence-electron chi connectivity index (χ3n) is 3.58. The van der Waals surface area contributed by atoms with Gasteiger partial charge >= 0.3 is 0 Å². The van der Waals surface area contributed by atoms with Gasteiger partial charge in [0, 0.05) is 29.0 Å². The molecule has 0 bridgehead atoms. The van der Waals surface area contributed by atoms with Gasteiger partial charge in [0.2, 0.25) is 0 Å². The summed E-state index contributed by atoms with van der Waals surface area (Å²) in [7, 11) is 0. The number of nitrogens with two attached hydrogens (primary N) is 1. The van der Waals surface area contributed by atoms with Gasteiger partial charge in [-0.25, -0.2) is 4.98 Å². The summed E-state index contributed by atoms with van der Waals surface area (Å²) in [5, 5.41) is 9.28. The van der Waals surface area contributed by atoms with Crippen LogP contribution in [0.25, 0.3) is 16.7 Å². The highest BCUT2D eigenvalue weighted by Gasteiger charge is 2.12. The van der Waals surface area contributed by atoms with Gasteiger partial charge in [0.25, 0.3) is 0 Å². The molecule has 0 aliphatic heterocycles. The minimum absolute atomic E-state index is 0.436. The summed E-state index contributed by atoms with van der Waals surface area (Å²) in [5.41, 5.74) is 10.6. The van der Waals surface area contributed by atoms with Gasteiger partial charge in [-0.15, -0.1) is 0 Å². The van der Waals surface area contributed by atoms with Crippen LogP contribution in [-0.4, -0.2) is 15.7 Å². The molecule has 0 saturated heterocycles. The Bertz CT molecular complexity index is 828. The lowest BCUT2D eigenvalue weighted by Crippen LogP contribution is -2.08. The Morgan fingerprint density at radius 2 is 1.90 bits per heavy atom. The van der Waals surface area contributed by atoms with Crippen LogP contribution in [0.5, 0.6) is 0 Å². The lowest BCUT2D eigenvalue weighted by Gasteiger charge is -2.09. The first kappa shape index (κ1) is 13.1. The Kier molecular flexibility index (Phi) is 3.28. The largest absolute Gasteiger partial charge is 0.398 e. The minimum atomic E-state index is 0.436. The number of hydrogen-bond donors (Lipinski definition) is 3. The van der Waals surface area contributed by atoms with Gasteiger partial charge in [-0.1, -0.05) is 30.3 Å². The van der Waals surface area contributed by atoms with E-state index in [1.807, 2.05) is 55.6 Å². The van der Waals surface area contributed by atoms with Crippen LogP contribution in [0.1, 0.15) is 18.1 Å². The van der Waals surface area contributed by atoms with Crippen LogP contribution in [0.15, 0.2) is 60.4 Å². The fraction of sp³-hybridized carbons (Fsp3) is 0.0588. The van der Waals surface area contributed by atoms with E-state index in [9.17, 15) is 0 Å². The second kappa shape index (κ2) is 5.25. The smallest absolute Gasteiger partial charge is 0.137 e. The Labute approximate surface area is 122 Å². The van der Waals surface area contributed by atoms with Gasteiger partial charge in [-0.3, -0.25) is 5.41 Å². The van der Waals surface area contributed by atoms with Crippen molar-refractivity contribution in [1.29, 1.82) is 5.41 Å². The monoisotopic (exact) mass is 276 g/mol. The van der Waals surface area contributed by atoms with E-state index in [1.165, 1.54) is 0 Å². The van der Waals surface area contributed by atoms with Gasteiger partial charge in [-0.2, -0.15) is 0 Å². The minimum Gasteiger partial charge on any atom is -0.398 e. The average molecular weight is 276 g/mol. The zero-order valence-corrected chi connectivity index (χ0v) is 11.7. The zero-order chi connectivity index (χ0) is 14.8. The van der Waals surface area contributed by atoms with Crippen LogP contribution in [0.2, 0.25) is 0 Å². The number of allylic oxidation sites excluding steroid dienone is 1. The highest BCUT2D eigenvalue weighted by Crippen LogP contribution is 2.24. The van der Waals surface area contributed by atoms with E-state index < -0.39 is 0 Å². The van der Waals surface area contributed by atoms with E-state index in [0.29, 0.717) is 11.4 Å². The van der Waals surface area contributed by atoms with Crippen molar-refractivity contribution in [2.45, 2.75) is 6.92 Å². The summed E-state index contributed by atoms with van der Waals surface area (Å²) in [6, 6.07) is 13.5. The molecule has 0 amide bonds. The molecular weight excluding hydrogens is 260 g/mol. The lowest BCUT2D eigenvalue weighted by molar-refractivity contribution is 1.32. The standard InChI is InChI=1S/C17H16N4/c1-11(15(18)12-6-3-2-4-7-12)16(19)14-10-21-17-13(14)8-5-9-20-17/h2-10,18H,19H2,1H3,(H,20,21). The predicted octanol–water partition coefficient (Wildman–Crippen LogP) is 3.32. The number of fused-ring (bicyclic) bond motifs is 1. The molecule has 0 unspecified atom stereocenters. The van der Waals surface area contributed by atoms with Crippen LogP contribution in [0.4, 0.5) is 0 Å². The molecule has 0 fully saturated rings. The molecule has 4 nitrogen and oxygen atoms in total. The molecule has 21 heavy (non-hydrogen) atoms. The van der Waals surface area contributed by atoms with Crippen LogP contribution in [0.3, 0.4) is 0 Å². The van der Waals surface area contributed by atoms with Crippen LogP contribution in [0, 0.1) is 5.41 Å². The highest BCUT2D eigenvalue weighted by atomic mass is 14.8. The number of aromatic amines is 1. The maximum absolute atomic E-state index is 8.31. The number of benzene rings is 1. The maximum Gasteiger partial charge on any atom is 0.137 e. The van der Waals surface area contributed by atoms with Gasteiger partial charge < -0.3 is 10.7 Å². The Hall–Kier alpha value is -2.88. The van der Waals surface area contributed by atoms with Crippen molar-refractivity contribution in [2.75, 3.05) is 0 Å². The third kappa shape index (κ3) is 2.31. The topological polar surface area (TPSA) is 78.5 Å². The first-order chi connectivity index (χ1) is 10.2. The number of aromatic nitrogens is 2. The highest BCUT2D eigenvalue weighted by molar-refractivity contribution is 6.15. The van der Waals surface area contributed by atoms with Crippen molar-refractivity contribution >= 4 is 22.4 Å². The molecule has 1 aromatic carbocycles. The number of nitrogens with zero attached hydrogens (tertiary/aromatic N) is 1. The van der Waals surface area contributed by atoms with Crippen molar-refractivity contribution in [3.05, 3.63) is 71.6 Å². The second-order valence-electron chi connectivity index (χ2n) is 4.88. The first-order valence-electron chi connectivity index (χ1n) is 6.71. The molecule has 2 aromatic heterocycles. The fourth-order valence-corrected chi connectivity index (χ4v) is 2.34. The normalized spacial score (nSPS) is 12.2. The first-order valence-corrected chi connectivity index (χ1v) is 6.71. The molecule has 0 aliphatic carbocycles. The Balaban J connectivity index is 2.07. The summed E-state index contributed by atoms with van der Waals surface area (Å²) >= 11 is 0. The zero-order valence-electron chi connectivity index (χ0n) is 11.7. The summed E-state index contributed by atoms with van der Waals surface area (Å²) < 4.78 is 0.